The van der Waals surface area contributed by atoms with Crippen molar-refractivity contribution in [3.05, 3.63) is 65.2 Å². The number of hydrogen-bond acceptors (Lipinski definition) is 6. The van der Waals surface area contributed by atoms with Gasteiger partial charge in [0.1, 0.15) is 5.75 Å². The first kappa shape index (κ1) is 22.2. The van der Waals surface area contributed by atoms with Crippen LogP contribution in [0.15, 0.2) is 48.5 Å². The van der Waals surface area contributed by atoms with E-state index in [2.05, 4.69) is 6.92 Å². The van der Waals surface area contributed by atoms with Gasteiger partial charge >= 0.3 is 5.97 Å². The molecule has 2 aromatic carbocycles. The highest BCUT2D eigenvalue weighted by molar-refractivity contribution is 6.21. The number of carbonyl (C=O) groups excluding carboxylic acids is 4. The van der Waals surface area contributed by atoms with E-state index in [1.165, 1.54) is 0 Å². The number of rotatable bonds is 11. The molecule has 0 saturated carbocycles. The van der Waals surface area contributed by atoms with Crippen molar-refractivity contribution >= 4 is 23.6 Å². The lowest BCUT2D eigenvalue weighted by atomic mass is 10.1. The molecule has 31 heavy (non-hydrogen) atoms. The van der Waals surface area contributed by atoms with Gasteiger partial charge < -0.3 is 9.47 Å². The van der Waals surface area contributed by atoms with E-state index in [9.17, 15) is 19.2 Å². The number of amides is 2. The van der Waals surface area contributed by atoms with Crippen LogP contribution in [0.25, 0.3) is 0 Å². The Balaban J connectivity index is 1.42. The number of fused-ring (bicyclic) bond motifs is 1. The Kier molecular flexibility index (Phi) is 7.54. The number of ketones is 1. The number of esters is 1. The minimum atomic E-state index is -0.652. The molecule has 2 aromatic rings. The van der Waals surface area contributed by atoms with Gasteiger partial charge in [-0.05, 0) is 42.8 Å². The molecule has 0 aliphatic carbocycles. The number of hydrogen-bond donors (Lipinski definition) is 0. The molecule has 1 aliphatic rings. The van der Waals surface area contributed by atoms with Crippen LogP contribution in [0.3, 0.4) is 0 Å². The topological polar surface area (TPSA) is 90.0 Å². The average Bonchev–Trinajstić information content (AvgIpc) is 3.04. The maximum Gasteiger partial charge on any atom is 0.307 e. The zero-order valence-electron chi connectivity index (χ0n) is 17.5. The Morgan fingerprint density at radius 3 is 2.13 bits per heavy atom. The fraction of sp³-hybridized carbons (Fsp3) is 0.333. The monoisotopic (exact) mass is 423 g/mol. The maximum absolute atomic E-state index is 12.3. The summed E-state index contributed by atoms with van der Waals surface area (Å²) in [6, 6.07) is 13.2. The Labute approximate surface area is 180 Å². The molecule has 0 bridgehead atoms. The Hall–Kier alpha value is -3.48. The van der Waals surface area contributed by atoms with Crippen LogP contribution in [0, 0.1) is 0 Å². The van der Waals surface area contributed by atoms with E-state index in [0.717, 1.165) is 24.2 Å². The summed E-state index contributed by atoms with van der Waals surface area (Å²) in [6.07, 6.45) is 3.05. The predicted molar refractivity (Wildman–Crippen MR) is 113 cm³/mol. The van der Waals surface area contributed by atoms with E-state index in [4.69, 9.17) is 9.47 Å². The Morgan fingerprint density at radius 1 is 0.871 bits per heavy atom. The molecule has 1 heterocycles. The number of unbranched alkanes of at least 4 members (excludes halogenated alkanes) is 2. The molecular formula is C24H25NO6. The highest BCUT2D eigenvalue weighted by atomic mass is 16.5. The summed E-state index contributed by atoms with van der Waals surface area (Å²) in [5.74, 6) is -1.15. The van der Waals surface area contributed by atoms with Crippen molar-refractivity contribution in [1.29, 1.82) is 0 Å². The number of imide groups is 1. The predicted octanol–water partition coefficient (Wildman–Crippen LogP) is 4.02. The van der Waals surface area contributed by atoms with E-state index in [1.54, 1.807) is 48.5 Å². The summed E-state index contributed by atoms with van der Waals surface area (Å²) in [5, 5.41) is 0. The minimum absolute atomic E-state index is 0.0301. The lowest BCUT2D eigenvalue weighted by Crippen LogP contribution is -2.33. The second kappa shape index (κ2) is 10.5. The molecule has 0 saturated heterocycles. The molecule has 0 aromatic heterocycles. The van der Waals surface area contributed by atoms with Gasteiger partial charge in [0.05, 0.1) is 24.2 Å². The molecular weight excluding hydrogens is 398 g/mol. The highest BCUT2D eigenvalue weighted by Gasteiger charge is 2.35. The van der Waals surface area contributed by atoms with Crippen LogP contribution < -0.4 is 4.74 Å². The summed E-state index contributed by atoms with van der Waals surface area (Å²) in [5.41, 5.74) is 1.06. The number of Topliss-reactive ketones (excluding diaryl/α,β-unsaturated/α-hetero) is 1. The van der Waals surface area contributed by atoms with Gasteiger partial charge in [-0.25, -0.2) is 4.90 Å². The zero-order chi connectivity index (χ0) is 22.2. The molecule has 7 heteroatoms. The van der Waals surface area contributed by atoms with Crippen LogP contribution in [0.4, 0.5) is 0 Å². The van der Waals surface area contributed by atoms with Crippen molar-refractivity contribution in [2.24, 2.45) is 0 Å². The molecule has 162 valence electrons. The number of carbonyl (C=O) groups is 4. The standard InChI is InChI=1S/C24H25NO6/c1-2-3-6-15-30-18-11-9-17(10-12-18)21(26)13-14-22(27)31-16-25-23(28)19-7-4-5-8-20(19)24(25)29/h4-5,7-12H,2-3,6,13-16H2,1H3. The van der Waals surface area contributed by atoms with Gasteiger partial charge in [0.2, 0.25) is 0 Å². The SMILES string of the molecule is CCCCCOc1ccc(C(=O)CCC(=O)OCN2C(=O)c3ccccc3C2=O)cc1. The van der Waals surface area contributed by atoms with Crippen LogP contribution >= 0.6 is 0 Å². The summed E-state index contributed by atoms with van der Waals surface area (Å²) in [6.45, 7) is 2.30. The molecule has 0 unspecified atom stereocenters. The molecule has 2 amide bonds. The van der Waals surface area contributed by atoms with Crippen LogP contribution in [0.2, 0.25) is 0 Å². The van der Waals surface area contributed by atoms with E-state index in [-0.39, 0.29) is 29.8 Å². The summed E-state index contributed by atoms with van der Waals surface area (Å²) in [7, 11) is 0. The Bertz CT molecular complexity index is 931. The molecule has 3 rings (SSSR count). The first-order valence-electron chi connectivity index (χ1n) is 10.4. The molecule has 0 fully saturated rings. The minimum Gasteiger partial charge on any atom is -0.494 e. The quantitative estimate of drug-likeness (QED) is 0.235. The summed E-state index contributed by atoms with van der Waals surface area (Å²) in [4.78, 5) is 49.7. The largest absolute Gasteiger partial charge is 0.494 e. The van der Waals surface area contributed by atoms with Crippen molar-refractivity contribution < 1.29 is 28.7 Å². The molecule has 0 atom stereocenters. The van der Waals surface area contributed by atoms with Gasteiger partial charge in [0.15, 0.2) is 12.5 Å². The third kappa shape index (κ3) is 5.57. The molecule has 0 N–H and O–H groups in total. The lowest BCUT2D eigenvalue weighted by molar-refractivity contribution is -0.146. The second-order valence-corrected chi connectivity index (χ2v) is 7.23. The second-order valence-electron chi connectivity index (χ2n) is 7.23. The van der Waals surface area contributed by atoms with Crippen molar-refractivity contribution in [1.82, 2.24) is 4.90 Å². The van der Waals surface area contributed by atoms with Gasteiger partial charge in [-0.3, -0.25) is 19.2 Å². The van der Waals surface area contributed by atoms with Gasteiger partial charge in [0, 0.05) is 12.0 Å². The maximum atomic E-state index is 12.3. The first-order valence-corrected chi connectivity index (χ1v) is 10.4. The van der Waals surface area contributed by atoms with Crippen LogP contribution in [0.1, 0.15) is 70.1 Å². The highest BCUT2D eigenvalue weighted by Crippen LogP contribution is 2.22. The van der Waals surface area contributed by atoms with E-state index < -0.39 is 24.5 Å². The van der Waals surface area contributed by atoms with Gasteiger partial charge in [-0.1, -0.05) is 31.9 Å². The fourth-order valence-electron chi connectivity index (χ4n) is 3.20. The third-order valence-corrected chi connectivity index (χ3v) is 4.98. The fourth-order valence-corrected chi connectivity index (χ4v) is 3.20. The normalized spacial score (nSPS) is 12.6. The van der Waals surface area contributed by atoms with Crippen LogP contribution in [-0.2, 0) is 9.53 Å². The van der Waals surface area contributed by atoms with Crippen molar-refractivity contribution in [3.8, 4) is 5.75 Å². The Morgan fingerprint density at radius 2 is 1.52 bits per heavy atom. The van der Waals surface area contributed by atoms with Crippen molar-refractivity contribution in [3.63, 3.8) is 0 Å². The van der Waals surface area contributed by atoms with Crippen LogP contribution in [-0.4, -0.2) is 41.8 Å². The number of benzene rings is 2. The lowest BCUT2D eigenvalue weighted by Gasteiger charge is -2.13. The van der Waals surface area contributed by atoms with Crippen LogP contribution in [0.5, 0.6) is 5.75 Å². The van der Waals surface area contributed by atoms with E-state index in [0.29, 0.717) is 17.9 Å². The van der Waals surface area contributed by atoms with E-state index in [1.807, 2.05) is 0 Å². The summed E-state index contributed by atoms with van der Waals surface area (Å²) < 4.78 is 10.7. The molecule has 7 nitrogen and oxygen atoms in total. The average molecular weight is 423 g/mol. The first-order chi connectivity index (χ1) is 15.0. The molecule has 1 aliphatic heterocycles. The molecule has 0 spiro atoms. The van der Waals surface area contributed by atoms with Crippen molar-refractivity contribution in [2.45, 2.75) is 39.0 Å². The van der Waals surface area contributed by atoms with Gasteiger partial charge in [-0.15, -0.1) is 0 Å². The number of ether oxygens (including phenoxy) is 2. The molecule has 0 radical (unpaired) electrons. The van der Waals surface area contributed by atoms with Gasteiger partial charge in [0.25, 0.3) is 11.8 Å². The smallest absolute Gasteiger partial charge is 0.307 e. The zero-order valence-corrected chi connectivity index (χ0v) is 17.5. The van der Waals surface area contributed by atoms with Crippen molar-refractivity contribution in [2.75, 3.05) is 13.3 Å². The van der Waals surface area contributed by atoms with E-state index >= 15 is 0 Å². The third-order valence-electron chi connectivity index (χ3n) is 4.98. The van der Waals surface area contributed by atoms with Gasteiger partial charge in [-0.2, -0.15) is 0 Å². The summed E-state index contributed by atoms with van der Waals surface area (Å²) >= 11 is 0. The number of nitrogens with zero attached hydrogens (tertiary/aromatic N) is 1.